The van der Waals surface area contributed by atoms with Gasteiger partial charge in [0.1, 0.15) is 0 Å². The maximum Gasteiger partial charge on any atom is 1.00 e. The molecule has 0 saturated carbocycles. The molecule has 0 unspecified atom stereocenters. The molecule has 0 aliphatic rings. The number of carboxylic acid groups (broad SMARTS) is 2. The van der Waals surface area contributed by atoms with Gasteiger partial charge in [-0.1, -0.05) is 0 Å². The number of carbonyl (C=O) groups is 2. The van der Waals surface area contributed by atoms with Crippen molar-refractivity contribution in [3.8, 4) is 0 Å². The third-order valence-electron chi connectivity index (χ3n) is 1.23. The molecule has 14 heavy (non-hydrogen) atoms. The van der Waals surface area contributed by atoms with Crippen LogP contribution in [-0.2, 0) is 0 Å². The maximum atomic E-state index is 10.6. The van der Waals surface area contributed by atoms with Gasteiger partial charge in [0.05, 0.1) is 5.56 Å². The zero-order chi connectivity index (χ0) is 10.0. The van der Waals surface area contributed by atoms with Gasteiger partial charge in [-0.25, -0.2) is 14.4 Å². The van der Waals surface area contributed by atoms with Crippen LogP contribution >= 0.6 is 0 Å². The quantitative estimate of drug-likeness (QED) is 0.507. The Morgan fingerprint density at radius 3 is 2.21 bits per heavy atom. The summed E-state index contributed by atoms with van der Waals surface area (Å²) < 4.78 is 4.21. The van der Waals surface area contributed by atoms with Crippen LogP contribution in [0.25, 0.3) is 0 Å². The Balaban J connectivity index is 0. The standard InChI is InChI=1S/C7H4O6.Na.H/c8-5-2-3(6(9)10)1-4(13-5)7(11)12;;/h1-2H,(H,9,10)(H,11,12);;/q;+1;-1. The van der Waals surface area contributed by atoms with Crippen LogP contribution in [0.5, 0.6) is 0 Å². The van der Waals surface area contributed by atoms with Gasteiger partial charge in [0, 0.05) is 12.1 Å². The molecule has 0 bridgehead atoms. The summed E-state index contributed by atoms with van der Waals surface area (Å²) in [6.45, 7) is 0. The van der Waals surface area contributed by atoms with Crippen LogP contribution in [0.1, 0.15) is 22.3 Å². The second-order valence-corrected chi connectivity index (χ2v) is 2.14. The van der Waals surface area contributed by atoms with Gasteiger partial charge in [-0.2, -0.15) is 0 Å². The predicted octanol–water partition coefficient (Wildman–Crippen LogP) is -2.85. The predicted molar refractivity (Wildman–Crippen MR) is 40.0 cm³/mol. The minimum Gasteiger partial charge on any atom is -1.00 e. The molecule has 0 amide bonds. The molecule has 0 spiro atoms. The summed E-state index contributed by atoms with van der Waals surface area (Å²) in [7, 11) is 0. The third-order valence-corrected chi connectivity index (χ3v) is 1.23. The van der Waals surface area contributed by atoms with E-state index >= 15 is 0 Å². The van der Waals surface area contributed by atoms with Crippen LogP contribution in [-0.4, -0.2) is 22.2 Å². The normalized spacial score (nSPS) is 8.86. The van der Waals surface area contributed by atoms with Gasteiger partial charge in [0.2, 0.25) is 5.76 Å². The number of hydrogen-bond donors (Lipinski definition) is 2. The molecule has 0 aromatic carbocycles. The Morgan fingerprint density at radius 2 is 1.79 bits per heavy atom. The Morgan fingerprint density at radius 1 is 1.21 bits per heavy atom. The van der Waals surface area contributed by atoms with E-state index in [0.29, 0.717) is 6.07 Å². The minimum atomic E-state index is -1.49. The molecule has 6 nitrogen and oxygen atoms in total. The molecular weight excluding hydrogens is 203 g/mol. The number of rotatable bonds is 2. The first-order valence-corrected chi connectivity index (χ1v) is 3.12. The molecule has 1 rings (SSSR count). The van der Waals surface area contributed by atoms with Crippen molar-refractivity contribution >= 4 is 11.9 Å². The summed E-state index contributed by atoms with van der Waals surface area (Å²) in [5, 5.41) is 16.8. The largest absolute Gasteiger partial charge is 1.00 e. The SMILES string of the molecule is O=C(O)c1cc(C(=O)O)oc(=O)c1.[H-].[Na+]. The smallest absolute Gasteiger partial charge is 1.00 e. The fourth-order valence-corrected chi connectivity index (χ4v) is 0.706. The van der Waals surface area contributed by atoms with E-state index < -0.39 is 28.9 Å². The number of carboxylic acids is 2. The van der Waals surface area contributed by atoms with Gasteiger partial charge in [-0.05, 0) is 0 Å². The minimum absolute atomic E-state index is 0. The van der Waals surface area contributed by atoms with Crippen molar-refractivity contribution in [3.05, 3.63) is 33.9 Å². The Hall–Kier alpha value is -1.11. The fraction of sp³-hybridized carbons (Fsp3) is 0. The summed E-state index contributed by atoms with van der Waals surface area (Å²) in [5.74, 6) is -3.56. The van der Waals surface area contributed by atoms with Crippen molar-refractivity contribution in [1.82, 2.24) is 0 Å². The van der Waals surface area contributed by atoms with Crippen LogP contribution in [0.3, 0.4) is 0 Å². The van der Waals surface area contributed by atoms with Gasteiger partial charge < -0.3 is 16.1 Å². The summed E-state index contributed by atoms with van der Waals surface area (Å²) in [5.41, 5.74) is -1.41. The van der Waals surface area contributed by atoms with Gasteiger partial charge >= 0.3 is 47.1 Å². The molecule has 0 aliphatic carbocycles. The van der Waals surface area contributed by atoms with Crippen LogP contribution < -0.4 is 35.2 Å². The van der Waals surface area contributed by atoms with E-state index in [0.717, 1.165) is 6.07 Å². The molecule has 1 aromatic rings. The number of aromatic carboxylic acids is 2. The molecule has 70 valence electrons. The molecule has 0 saturated heterocycles. The zero-order valence-electron chi connectivity index (χ0n) is 8.18. The molecule has 2 N–H and O–H groups in total. The van der Waals surface area contributed by atoms with Gasteiger partial charge in [0.25, 0.3) is 0 Å². The first kappa shape index (κ1) is 12.9. The second kappa shape index (κ2) is 4.94. The van der Waals surface area contributed by atoms with E-state index in [1.165, 1.54) is 0 Å². The topological polar surface area (TPSA) is 105 Å². The van der Waals surface area contributed by atoms with Crippen LogP contribution in [0.4, 0.5) is 0 Å². The summed E-state index contributed by atoms with van der Waals surface area (Å²) in [6, 6.07) is 1.47. The Labute approximate surface area is 101 Å². The molecule has 7 heteroatoms. The Kier molecular flexibility index (Phi) is 4.55. The molecule has 0 fully saturated rings. The van der Waals surface area contributed by atoms with Crippen LogP contribution in [0.2, 0.25) is 0 Å². The van der Waals surface area contributed by atoms with Crippen LogP contribution in [0.15, 0.2) is 21.3 Å². The van der Waals surface area contributed by atoms with Crippen molar-refractivity contribution in [2.45, 2.75) is 0 Å². The van der Waals surface area contributed by atoms with E-state index in [1.807, 2.05) is 0 Å². The average molecular weight is 208 g/mol. The van der Waals surface area contributed by atoms with Gasteiger partial charge in [0.15, 0.2) is 0 Å². The Bertz CT molecular complexity index is 390. The second-order valence-electron chi connectivity index (χ2n) is 2.14. The molecule has 0 atom stereocenters. The van der Waals surface area contributed by atoms with E-state index in [4.69, 9.17) is 10.2 Å². The van der Waals surface area contributed by atoms with Crippen molar-refractivity contribution in [2.75, 3.05) is 0 Å². The number of hydrogen-bond acceptors (Lipinski definition) is 4. The van der Waals surface area contributed by atoms with Crippen LogP contribution in [0, 0.1) is 0 Å². The molecule has 0 radical (unpaired) electrons. The van der Waals surface area contributed by atoms with E-state index in [2.05, 4.69) is 4.42 Å². The van der Waals surface area contributed by atoms with Crippen molar-refractivity contribution < 1.29 is 55.2 Å². The monoisotopic (exact) mass is 208 g/mol. The van der Waals surface area contributed by atoms with E-state index in [9.17, 15) is 14.4 Å². The first-order valence-electron chi connectivity index (χ1n) is 3.12. The van der Waals surface area contributed by atoms with Crippen molar-refractivity contribution in [3.63, 3.8) is 0 Å². The van der Waals surface area contributed by atoms with Crippen molar-refractivity contribution in [1.29, 1.82) is 0 Å². The maximum absolute atomic E-state index is 10.6. The van der Waals surface area contributed by atoms with Crippen molar-refractivity contribution in [2.24, 2.45) is 0 Å². The summed E-state index contributed by atoms with van der Waals surface area (Å²) in [4.78, 5) is 31.3. The average Bonchev–Trinajstić information content (AvgIpc) is 2.03. The summed E-state index contributed by atoms with van der Waals surface area (Å²) >= 11 is 0. The molecule has 1 aromatic heterocycles. The van der Waals surface area contributed by atoms with Gasteiger partial charge in [-0.3, -0.25) is 0 Å². The molecular formula is C7H5NaO6. The molecule has 1 heterocycles. The first-order chi connectivity index (χ1) is 6.00. The van der Waals surface area contributed by atoms with E-state index in [1.54, 1.807) is 0 Å². The van der Waals surface area contributed by atoms with Gasteiger partial charge in [-0.15, -0.1) is 0 Å². The fourth-order valence-electron chi connectivity index (χ4n) is 0.706. The summed E-state index contributed by atoms with van der Waals surface area (Å²) in [6.07, 6.45) is 0. The molecule has 0 aliphatic heterocycles. The zero-order valence-corrected chi connectivity index (χ0v) is 9.18. The van der Waals surface area contributed by atoms with E-state index in [-0.39, 0.29) is 31.0 Å². The third kappa shape index (κ3) is 2.99.